The summed E-state index contributed by atoms with van der Waals surface area (Å²) in [5.74, 6) is 0.979. The molecule has 3 rings (SSSR count). The largest absolute Gasteiger partial charge is 0.494 e. The van der Waals surface area contributed by atoms with Crippen molar-refractivity contribution in [2.75, 3.05) is 26.2 Å². The SMILES string of the molecule is Cc1ccccc1-c1cccc(OCCCCN2CCCC2)c1. The van der Waals surface area contributed by atoms with Gasteiger partial charge >= 0.3 is 0 Å². The molecule has 0 saturated carbocycles. The van der Waals surface area contributed by atoms with E-state index in [4.69, 9.17) is 4.74 Å². The molecule has 0 unspecified atom stereocenters. The van der Waals surface area contributed by atoms with E-state index in [1.54, 1.807) is 0 Å². The van der Waals surface area contributed by atoms with Crippen molar-refractivity contribution in [3.8, 4) is 16.9 Å². The third-order valence-corrected chi connectivity index (χ3v) is 4.63. The Morgan fingerprint density at radius 2 is 1.78 bits per heavy atom. The van der Waals surface area contributed by atoms with Gasteiger partial charge in [0.1, 0.15) is 5.75 Å². The van der Waals surface area contributed by atoms with Crippen LogP contribution in [0.25, 0.3) is 11.1 Å². The van der Waals surface area contributed by atoms with Crippen molar-refractivity contribution < 1.29 is 4.74 Å². The van der Waals surface area contributed by atoms with Gasteiger partial charge in [0.2, 0.25) is 0 Å². The van der Waals surface area contributed by atoms with Gasteiger partial charge in [-0.15, -0.1) is 0 Å². The molecule has 0 atom stereocenters. The van der Waals surface area contributed by atoms with Crippen LogP contribution in [0, 0.1) is 6.92 Å². The third-order valence-electron chi connectivity index (χ3n) is 4.63. The average Bonchev–Trinajstić information content (AvgIpc) is 3.09. The molecule has 2 aromatic carbocycles. The van der Waals surface area contributed by atoms with Crippen molar-refractivity contribution in [3.63, 3.8) is 0 Å². The first kappa shape index (κ1) is 16.1. The first-order valence-corrected chi connectivity index (χ1v) is 8.84. The van der Waals surface area contributed by atoms with Gasteiger partial charge in [0.15, 0.2) is 0 Å². The lowest BCUT2D eigenvalue weighted by molar-refractivity contribution is 0.280. The molecule has 0 aliphatic carbocycles. The Morgan fingerprint density at radius 1 is 0.957 bits per heavy atom. The molecule has 0 bridgehead atoms. The van der Waals surface area contributed by atoms with E-state index in [9.17, 15) is 0 Å². The molecule has 1 aliphatic heterocycles. The van der Waals surface area contributed by atoms with Gasteiger partial charge in [-0.1, -0.05) is 36.4 Å². The second-order valence-electron chi connectivity index (χ2n) is 6.45. The number of likely N-dealkylation sites (tertiary alicyclic amines) is 1. The molecule has 122 valence electrons. The summed E-state index contributed by atoms with van der Waals surface area (Å²) < 4.78 is 5.95. The van der Waals surface area contributed by atoms with Crippen LogP contribution in [0.2, 0.25) is 0 Å². The zero-order valence-corrected chi connectivity index (χ0v) is 14.1. The van der Waals surface area contributed by atoms with Crippen molar-refractivity contribution in [2.45, 2.75) is 32.6 Å². The number of nitrogens with zero attached hydrogens (tertiary/aromatic N) is 1. The molecule has 1 fully saturated rings. The van der Waals surface area contributed by atoms with Gasteiger partial charge in [0.05, 0.1) is 6.61 Å². The van der Waals surface area contributed by atoms with Gasteiger partial charge in [-0.25, -0.2) is 0 Å². The highest BCUT2D eigenvalue weighted by Crippen LogP contribution is 2.26. The molecule has 0 aromatic heterocycles. The Hall–Kier alpha value is -1.80. The summed E-state index contributed by atoms with van der Waals surface area (Å²) in [7, 11) is 0. The molecule has 0 spiro atoms. The highest BCUT2D eigenvalue weighted by Gasteiger charge is 2.10. The first-order valence-electron chi connectivity index (χ1n) is 8.84. The van der Waals surface area contributed by atoms with Gasteiger partial charge in [-0.05, 0) is 81.1 Å². The lowest BCUT2D eigenvalue weighted by Crippen LogP contribution is -2.20. The zero-order valence-electron chi connectivity index (χ0n) is 14.1. The molecule has 1 aliphatic rings. The Balaban J connectivity index is 1.49. The van der Waals surface area contributed by atoms with Crippen molar-refractivity contribution in [3.05, 3.63) is 54.1 Å². The molecule has 2 nitrogen and oxygen atoms in total. The van der Waals surface area contributed by atoms with Crippen LogP contribution >= 0.6 is 0 Å². The van der Waals surface area contributed by atoms with Crippen LogP contribution in [0.3, 0.4) is 0 Å². The predicted molar refractivity (Wildman–Crippen MR) is 97.0 cm³/mol. The first-order chi connectivity index (χ1) is 11.3. The summed E-state index contributed by atoms with van der Waals surface area (Å²) in [5, 5.41) is 0. The molecule has 1 saturated heterocycles. The Bertz CT molecular complexity index is 617. The van der Waals surface area contributed by atoms with Gasteiger partial charge in [0.25, 0.3) is 0 Å². The Kier molecular flexibility index (Phi) is 5.71. The monoisotopic (exact) mass is 309 g/mol. The van der Waals surface area contributed by atoms with E-state index in [-0.39, 0.29) is 0 Å². The maximum Gasteiger partial charge on any atom is 0.119 e. The Labute approximate surface area is 140 Å². The highest BCUT2D eigenvalue weighted by atomic mass is 16.5. The van der Waals surface area contributed by atoms with Gasteiger partial charge < -0.3 is 9.64 Å². The maximum atomic E-state index is 5.95. The van der Waals surface area contributed by atoms with Crippen LogP contribution in [-0.4, -0.2) is 31.1 Å². The van der Waals surface area contributed by atoms with E-state index in [2.05, 4.69) is 60.4 Å². The number of benzene rings is 2. The standard InChI is InChI=1S/C21H27NO/c1-18-9-2-3-12-21(18)19-10-8-11-20(17-19)23-16-7-6-15-22-13-4-5-14-22/h2-3,8-12,17H,4-7,13-16H2,1H3. The average molecular weight is 309 g/mol. The summed E-state index contributed by atoms with van der Waals surface area (Å²) in [5.41, 5.74) is 3.82. The molecule has 2 aromatic rings. The van der Waals surface area contributed by atoms with E-state index in [0.29, 0.717) is 0 Å². The van der Waals surface area contributed by atoms with E-state index in [1.807, 2.05) is 0 Å². The maximum absolute atomic E-state index is 5.95. The number of rotatable bonds is 7. The number of aryl methyl sites for hydroxylation is 1. The van der Waals surface area contributed by atoms with Gasteiger partial charge in [-0.2, -0.15) is 0 Å². The summed E-state index contributed by atoms with van der Waals surface area (Å²) in [6.07, 6.45) is 5.12. The fourth-order valence-electron chi connectivity index (χ4n) is 3.28. The van der Waals surface area contributed by atoms with Crippen LogP contribution in [0.4, 0.5) is 0 Å². The lowest BCUT2D eigenvalue weighted by Gasteiger charge is -2.14. The van der Waals surface area contributed by atoms with Crippen LogP contribution in [0.5, 0.6) is 5.75 Å². The lowest BCUT2D eigenvalue weighted by atomic mass is 10.0. The van der Waals surface area contributed by atoms with E-state index in [1.165, 1.54) is 55.6 Å². The number of hydrogen-bond donors (Lipinski definition) is 0. The summed E-state index contributed by atoms with van der Waals surface area (Å²) in [4.78, 5) is 2.57. The number of hydrogen-bond acceptors (Lipinski definition) is 2. The highest BCUT2D eigenvalue weighted by molar-refractivity contribution is 5.68. The zero-order chi connectivity index (χ0) is 15.9. The minimum absolute atomic E-state index is 0.811. The minimum atomic E-state index is 0.811. The topological polar surface area (TPSA) is 12.5 Å². The van der Waals surface area contributed by atoms with Crippen molar-refractivity contribution in [1.82, 2.24) is 4.90 Å². The molecular formula is C21H27NO. The van der Waals surface area contributed by atoms with Gasteiger partial charge in [-0.3, -0.25) is 0 Å². The van der Waals surface area contributed by atoms with E-state index < -0.39 is 0 Å². The van der Waals surface area contributed by atoms with Crippen LogP contribution in [-0.2, 0) is 0 Å². The summed E-state index contributed by atoms with van der Waals surface area (Å²) in [6.45, 7) is 6.78. The molecule has 23 heavy (non-hydrogen) atoms. The van der Waals surface area contributed by atoms with Crippen LogP contribution in [0.1, 0.15) is 31.2 Å². The Morgan fingerprint density at radius 3 is 2.61 bits per heavy atom. The fraction of sp³-hybridized carbons (Fsp3) is 0.429. The fourth-order valence-corrected chi connectivity index (χ4v) is 3.28. The summed E-state index contributed by atoms with van der Waals surface area (Å²) >= 11 is 0. The van der Waals surface area contributed by atoms with Crippen molar-refractivity contribution in [1.29, 1.82) is 0 Å². The number of ether oxygens (including phenoxy) is 1. The van der Waals surface area contributed by atoms with Gasteiger partial charge in [0, 0.05) is 0 Å². The molecule has 0 amide bonds. The normalized spacial score (nSPS) is 15.0. The third kappa shape index (κ3) is 4.59. The van der Waals surface area contributed by atoms with Crippen molar-refractivity contribution in [2.24, 2.45) is 0 Å². The quantitative estimate of drug-likeness (QED) is 0.673. The minimum Gasteiger partial charge on any atom is -0.494 e. The van der Waals surface area contributed by atoms with E-state index >= 15 is 0 Å². The second-order valence-corrected chi connectivity index (χ2v) is 6.45. The molecule has 1 heterocycles. The molecule has 2 heteroatoms. The smallest absolute Gasteiger partial charge is 0.119 e. The van der Waals surface area contributed by atoms with Crippen LogP contribution in [0.15, 0.2) is 48.5 Å². The number of unbranched alkanes of at least 4 members (excludes halogenated alkanes) is 1. The second kappa shape index (κ2) is 8.16. The van der Waals surface area contributed by atoms with E-state index in [0.717, 1.165) is 18.8 Å². The predicted octanol–water partition coefficient (Wildman–Crippen LogP) is 4.92. The van der Waals surface area contributed by atoms with Crippen LogP contribution < -0.4 is 4.74 Å². The molecular weight excluding hydrogens is 282 g/mol. The molecule has 0 N–H and O–H groups in total. The molecule has 0 radical (unpaired) electrons. The summed E-state index contributed by atoms with van der Waals surface area (Å²) in [6, 6.07) is 17.0. The van der Waals surface area contributed by atoms with Crippen molar-refractivity contribution >= 4 is 0 Å².